The minimum absolute atomic E-state index is 0.0152. The molecule has 0 aromatic rings. The van der Waals surface area contributed by atoms with Crippen LogP contribution in [-0.4, -0.2) is 37.8 Å². The lowest BCUT2D eigenvalue weighted by molar-refractivity contribution is -0.0657. The fraction of sp³-hybridized carbons (Fsp3) is 0.938. The fourth-order valence-corrected chi connectivity index (χ4v) is 2.66. The van der Waals surface area contributed by atoms with Crippen LogP contribution in [-0.2, 0) is 4.74 Å². The smallest absolute Gasteiger partial charge is 0.191 e. The first-order valence-corrected chi connectivity index (χ1v) is 8.27. The van der Waals surface area contributed by atoms with Crippen LogP contribution < -0.4 is 10.6 Å². The Morgan fingerprint density at radius 1 is 1.25 bits per heavy atom. The van der Waals surface area contributed by atoms with Gasteiger partial charge in [0.1, 0.15) is 0 Å². The van der Waals surface area contributed by atoms with Crippen molar-refractivity contribution in [2.45, 2.75) is 77.4 Å². The lowest BCUT2D eigenvalue weighted by Crippen LogP contribution is -2.51. The number of hydrogen-bond donors (Lipinski definition) is 2. The Bertz CT molecular complexity index is 285. The molecule has 0 heterocycles. The van der Waals surface area contributed by atoms with E-state index in [0.717, 1.165) is 32.0 Å². The lowest BCUT2D eigenvalue weighted by Gasteiger charge is -2.38. The lowest BCUT2D eigenvalue weighted by atomic mass is 9.84. The van der Waals surface area contributed by atoms with E-state index in [1.807, 2.05) is 7.05 Å². The van der Waals surface area contributed by atoms with Crippen molar-refractivity contribution in [2.75, 3.05) is 20.2 Å². The van der Waals surface area contributed by atoms with Gasteiger partial charge in [-0.05, 0) is 32.6 Å². The third-order valence-corrected chi connectivity index (χ3v) is 4.17. The van der Waals surface area contributed by atoms with E-state index in [9.17, 15) is 0 Å². The van der Waals surface area contributed by atoms with Crippen molar-refractivity contribution in [2.24, 2.45) is 4.99 Å². The topological polar surface area (TPSA) is 45.6 Å². The quantitative estimate of drug-likeness (QED) is 0.557. The molecule has 20 heavy (non-hydrogen) atoms. The van der Waals surface area contributed by atoms with E-state index in [1.165, 1.54) is 32.1 Å². The molecule has 0 aliphatic heterocycles. The second-order valence-electron chi connectivity index (χ2n) is 5.97. The predicted molar refractivity (Wildman–Crippen MR) is 86.3 cm³/mol. The minimum Gasteiger partial charge on any atom is -0.373 e. The maximum atomic E-state index is 6.20. The van der Waals surface area contributed by atoms with Gasteiger partial charge in [0.05, 0.1) is 5.60 Å². The molecule has 0 saturated heterocycles. The Morgan fingerprint density at radius 3 is 2.50 bits per heavy atom. The van der Waals surface area contributed by atoms with E-state index in [1.54, 1.807) is 0 Å². The average Bonchev–Trinajstić information content (AvgIpc) is 2.50. The van der Waals surface area contributed by atoms with Crippen LogP contribution >= 0.6 is 0 Å². The van der Waals surface area contributed by atoms with Crippen LogP contribution in [0.4, 0.5) is 0 Å². The van der Waals surface area contributed by atoms with Crippen LogP contribution in [0, 0.1) is 0 Å². The van der Waals surface area contributed by atoms with Crippen molar-refractivity contribution in [1.82, 2.24) is 10.6 Å². The summed E-state index contributed by atoms with van der Waals surface area (Å²) in [7, 11) is 1.83. The van der Waals surface area contributed by atoms with Gasteiger partial charge in [0, 0.05) is 26.2 Å². The summed E-state index contributed by atoms with van der Waals surface area (Å²) in [5, 5.41) is 6.88. The summed E-state index contributed by atoms with van der Waals surface area (Å²) in [5.41, 5.74) is 0.0152. The van der Waals surface area contributed by atoms with Gasteiger partial charge >= 0.3 is 0 Å². The van der Waals surface area contributed by atoms with Crippen molar-refractivity contribution in [1.29, 1.82) is 0 Å². The maximum absolute atomic E-state index is 6.20. The molecule has 4 heteroatoms. The van der Waals surface area contributed by atoms with Gasteiger partial charge in [-0.25, -0.2) is 0 Å². The summed E-state index contributed by atoms with van der Waals surface area (Å²) in [6.07, 6.45) is 8.42. The highest BCUT2D eigenvalue weighted by Crippen LogP contribution is 2.31. The van der Waals surface area contributed by atoms with E-state index in [0.29, 0.717) is 6.04 Å². The molecule has 0 aromatic carbocycles. The van der Waals surface area contributed by atoms with E-state index < -0.39 is 0 Å². The van der Waals surface area contributed by atoms with Crippen LogP contribution in [0.3, 0.4) is 0 Å². The largest absolute Gasteiger partial charge is 0.373 e. The molecule has 0 spiro atoms. The molecule has 0 radical (unpaired) electrons. The number of guanidine groups is 1. The molecule has 2 N–H and O–H groups in total. The first-order chi connectivity index (χ1) is 9.65. The van der Waals surface area contributed by atoms with Crippen molar-refractivity contribution in [3.63, 3.8) is 0 Å². The number of aliphatic imine (C=N–C) groups is 1. The molecule has 1 atom stereocenters. The predicted octanol–water partition coefficient (Wildman–Crippen LogP) is 3.08. The zero-order chi connectivity index (χ0) is 14.8. The number of nitrogens with one attached hydrogen (secondary N) is 2. The average molecular weight is 283 g/mol. The minimum atomic E-state index is 0.0152. The molecule has 1 aliphatic carbocycles. The summed E-state index contributed by atoms with van der Waals surface area (Å²) < 4.78 is 6.20. The standard InChI is InChI=1S/C16H33N3O/c1-5-12-20-16(10-8-7-9-11-16)13-18-15(17-4)19-14(3)6-2/h14H,5-13H2,1-4H3,(H2,17,18,19). The van der Waals surface area contributed by atoms with Gasteiger partial charge in [-0.1, -0.05) is 33.1 Å². The second-order valence-corrected chi connectivity index (χ2v) is 5.97. The highest BCUT2D eigenvalue weighted by molar-refractivity contribution is 5.79. The molecule has 0 aromatic heterocycles. The molecule has 0 bridgehead atoms. The SMILES string of the molecule is CCCOC1(CNC(=NC)NC(C)CC)CCCCC1. The Labute approximate surface area is 124 Å². The van der Waals surface area contributed by atoms with Crippen LogP contribution in [0.2, 0.25) is 0 Å². The molecule has 1 unspecified atom stereocenters. The van der Waals surface area contributed by atoms with Crippen LogP contribution in [0.25, 0.3) is 0 Å². The summed E-state index contributed by atoms with van der Waals surface area (Å²) in [5.74, 6) is 0.893. The number of hydrogen-bond acceptors (Lipinski definition) is 2. The fourth-order valence-electron chi connectivity index (χ4n) is 2.66. The molecule has 1 aliphatic rings. The van der Waals surface area contributed by atoms with Gasteiger partial charge in [0.25, 0.3) is 0 Å². The molecule has 118 valence electrons. The highest BCUT2D eigenvalue weighted by atomic mass is 16.5. The Morgan fingerprint density at radius 2 is 1.95 bits per heavy atom. The second kappa shape index (κ2) is 9.22. The number of rotatable bonds is 7. The van der Waals surface area contributed by atoms with Gasteiger partial charge in [-0.2, -0.15) is 0 Å². The zero-order valence-corrected chi connectivity index (χ0v) is 13.8. The Balaban J connectivity index is 2.51. The maximum Gasteiger partial charge on any atom is 0.191 e. The van der Waals surface area contributed by atoms with E-state index in [2.05, 4.69) is 36.4 Å². The van der Waals surface area contributed by atoms with Crippen LogP contribution in [0.1, 0.15) is 65.7 Å². The molecule has 0 amide bonds. The highest BCUT2D eigenvalue weighted by Gasteiger charge is 2.32. The summed E-state index contributed by atoms with van der Waals surface area (Å²) in [6.45, 7) is 8.25. The van der Waals surface area contributed by atoms with Gasteiger partial charge in [-0.3, -0.25) is 4.99 Å². The van der Waals surface area contributed by atoms with E-state index in [-0.39, 0.29) is 5.60 Å². The van der Waals surface area contributed by atoms with Crippen molar-refractivity contribution in [3.05, 3.63) is 0 Å². The van der Waals surface area contributed by atoms with Gasteiger partial charge in [0.2, 0.25) is 0 Å². The third-order valence-electron chi connectivity index (χ3n) is 4.17. The molecular weight excluding hydrogens is 250 g/mol. The molecule has 1 fully saturated rings. The van der Waals surface area contributed by atoms with Crippen molar-refractivity contribution >= 4 is 5.96 Å². The third kappa shape index (κ3) is 5.70. The molecule has 4 nitrogen and oxygen atoms in total. The summed E-state index contributed by atoms with van der Waals surface area (Å²) in [6, 6.07) is 0.445. The van der Waals surface area contributed by atoms with Gasteiger partial charge < -0.3 is 15.4 Å². The number of ether oxygens (including phenoxy) is 1. The normalized spacial score (nSPS) is 20.5. The van der Waals surface area contributed by atoms with E-state index in [4.69, 9.17) is 4.74 Å². The summed E-state index contributed by atoms with van der Waals surface area (Å²) >= 11 is 0. The molecule has 1 rings (SSSR count). The zero-order valence-electron chi connectivity index (χ0n) is 13.8. The first-order valence-electron chi connectivity index (χ1n) is 8.27. The first kappa shape index (κ1) is 17.3. The van der Waals surface area contributed by atoms with Gasteiger partial charge in [-0.15, -0.1) is 0 Å². The molecular formula is C16H33N3O. The summed E-state index contributed by atoms with van der Waals surface area (Å²) in [4.78, 5) is 4.31. The van der Waals surface area contributed by atoms with Crippen LogP contribution in [0.15, 0.2) is 4.99 Å². The van der Waals surface area contributed by atoms with Crippen molar-refractivity contribution < 1.29 is 4.74 Å². The molecule has 1 saturated carbocycles. The monoisotopic (exact) mass is 283 g/mol. The Hall–Kier alpha value is -0.770. The van der Waals surface area contributed by atoms with Crippen LogP contribution in [0.5, 0.6) is 0 Å². The number of nitrogens with zero attached hydrogens (tertiary/aromatic N) is 1. The van der Waals surface area contributed by atoms with Gasteiger partial charge in [0.15, 0.2) is 5.96 Å². The van der Waals surface area contributed by atoms with E-state index >= 15 is 0 Å². The Kier molecular flexibility index (Phi) is 7.97. The van der Waals surface area contributed by atoms with Crippen molar-refractivity contribution in [3.8, 4) is 0 Å².